The molecular formula is C11H11ClFN3O2. The molecule has 0 amide bonds. The van der Waals surface area contributed by atoms with Crippen molar-refractivity contribution in [3.8, 4) is 22.8 Å². The second-order valence-corrected chi connectivity index (χ2v) is 3.87. The minimum absolute atomic E-state index is 0.0868. The van der Waals surface area contributed by atoms with E-state index < -0.39 is 5.82 Å². The Morgan fingerprint density at radius 1 is 1.33 bits per heavy atom. The van der Waals surface area contributed by atoms with Crippen LogP contribution in [0, 0.1) is 5.82 Å². The van der Waals surface area contributed by atoms with Crippen molar-refractivity contribution in [2.75, 3.05) is 20.0 Å². The van der Waals surface area contributed by atoms with Gasteiger partial charge < -0.3 is 15.2 Å². The Morgan fingerprint density at radius 3 is 2.56 bits per heavy atom. The molecule has 0 unspecified atom stereocenters. The topological polar surface area (TPSA) is 73.2 Å². The minimum Gasteiger partial charge on any atom is -0.493 e. The van der Waals surface area contributed by atoms with Crippen LogP contribution >= 0.6 is 11.6 Å². The van der Waals surface area contributed by atoms with Crippen molar-refractivity contribution in [1.82, 2.24) is 10.2 Å². The first-order valence-electron chi connectivity index (χ1n) is 4.99. The van der Waals surface area contributed by atoms with Crippen LogP contribution in [-0.2, 0) is 0 Å². The second-order valence-electron chi connectivity index (χ2n) is 3.49. The number of hydrogen-bond acceptors (Lipinski definition) is 4. The molecule has 18 heavy (non-hydrogen) atoms. The summed E-state index contributed by atoms with van der Waals surface area (Å²) < 4.78 is 24.0. The molecule has 3 N–H and O–H groups in total. The molecule has 1 aromatic carbocycles. The number of H-pyrrole nitrogens is 1. The third kappa shape index (κ3) is 1.95. The molecule has 1 heterocycles. The monoisotopic (exact) mass is 271 g/mol. The first kappa shape index (κ1) is 12.5. The average molecular weight is 272 g/mol. The third-order valence-corrected chi connectivity index (χ3v) is 2.80. The number of aromatic amines is 1. The number of anilines is 1. The Hall–Kier alpha value is -1.95. The van der Waals surface area contributed by atoms with Crippen LogP contribution in [0.4, 0.5) is 10.2 Å². The molecule has 2 aromatic rings. The van der Waals surface area contributed by atoms with Crippen LogP contribution in [0.2, 0.25) is 5.02 Å². The predicted molar refractivity (Wildman–Crippen MR) is 66.5 cm³/mol. The van der Waals surface area contributed by atoms with Crippen LogP contribution in [0.3, 0.4) is 0 Å². The summed E-state index contributed by atoms with van der Waals surface area (Å²) in [6.45, 7) is 0. The molecule has 0 radical (unpaired) electrons. The van der Waals surface area contributed by atoms with E-state index in [4.69, 9.17) is 26.8 Å². The maximum atomic E-state index is 13.7. The Morgan fingerprint density at radius 2 is 2.06 bits per heavy atom. The maximum Gasteiger partial charge on any atom is 0.171 e. The van der Waals surface area contributed by atoms with E-state index in [1.807, 2.05) is 0 Å². The standard InChI is InChI=1S/C11H11ClFN3O2/c1-17-7-3-5(13)10(12)9(11(7)18-2)6-4-8(14)16-15-6/h3-4H,1-2H3,(H3,14,15,16). The van der Waals surface area contributed by atoms with Crippen molar-refractivity contribution in [1.29, 1.82) is 0 Å². The van der Waals surface area contributed by atoms with Crippen LogP contribution in [-0.4, -0.2) is 24.4 Å². The lowest BCUT2D eigenvalue weighted by molar-refractivity contribution is 0.353. The van der Waals surface area contributed by atoms with Crippen LogP contribution in [0.15, 0.2) is 12.1 Å². The first-order valence-corrected chi connectivity index (χ1v) is 5.37. The average Bonchev–Trinajstić information content (AvgIpc) is 2.78. The highest BCUT2D eigenvalue weighted by molar-refractivity contribution is 6.34. The summed E-state index contributed by atoms with van der Waals surface area (Å²) in [6, 6.07) is 2.69. The van der Waals surface area contributed by atoms with Crippen molar-refractivity contribution in [3.63, 3.8) is 0 Å². The highest BCUT2D eigenvalue weighted by atomic mass is 35.5. The minimum atomic E-state index is -0.613. The molecule has 5 nitrogen and oxygen atoms in total. The number of rotatable bonds is 3. The van der Waals surface area contributed by atoms with E-state index in [-0.39, 0.29) is 16.6 Å². The molecule has 0 spiro atoms. The molecule has 7 heteroatoms. The van der Waals surface area contributed by atoms with Gasteiger partial charge in [0.25, 0.3) is 0 Å². The smallest absolute Gasteiger partial charge is 0.171 e. The summed E-state index contributed by atoms with van der Waals surface area (Å²) in [5.74, 6) is 0.207. The fourth-order valence-electron chi connectivity index (χ4n) is 1.65. The molecule has 1 aromatic heterocycles. The Labute approximate surface area is 108 Å². The summed E-state index contributed by atoms with van der Waals surface area (Å²) in [7, 11) is 2.85. The highest BCUT2D eigenvalue weighted by Crippen LogP contribution is 2.43. The van der Waals surface area contributed by atoms with E-state index in [9.17, 15) is 4.39 Å². The molecule has 0 fully saturated rings. The van der Waals surface area contributed by atoms with Crippen molar-refractivity contribution >= 4 is 17.4 Å². The number of methoxy groups -OCH3 is 2. The molecule has 0 saturated carbocycles. The number of nitrogens with one attached hydrogen (secondary N) is 1. The van der Waals surface area contributed by atoms with Crippen molar-refractivity contribution < 1.29 is 13.9 Å². The number of nitrogens with two attached hydrogens (primary N) is 1. The Balaban J connectivity index is 2.74. The number of ether oxygens (including phenoxy) is 2. The molecule has 0 aliphatic rings. The van der Waals surface area contributed by atoms with E-state index >= 15 is 0 Å². The lowest BCUT2D eigenvalue weighted by atomic mass is 10.1. The zero-order valence-corrected chi connectivity index (χ0v) is 10.5. The zero-order chi connectivity index (χ0) is 13.3. The normalized spacial score (nSPS) is 10.4. The Bertz CT molecular complexity index is 586. The van der Waals surface area contributed by atoms with Gasteiger partial charge in [-0.1, -0.05) is 11.6 Å². The van der Waals surface area contributed by atoms with Gasteiger partial charge >= 0.3 is 0 Å². The molecule has 0 bridgehead atoms. The van der Waals surface area contributed by atoms with Gasteiger partial charge in [-0.05, 0) is 0 Å². The van der Waals surface area contributed by atoms with Gasteiger partial charge in [-0.25, -0.2) is 4.39 Å². The number of nitrogen functional groups attached to an aromatic ring is 1. The number of hydrogen-bond donors (Lipinski definition) is 2. The summed E-state index contributed by atoms with van der Waals surface area (Å²) in [6.07, 6.45) is 0. The van der Waals surface area contributed by atoms with Gasteiger partial charge in [0.05, 0.1) is 30.5 Å². The van der Waals surface area contributed by atoms with E-state index in [2.05, 4.69) is 10.2 Å². The molecular weight excluding hydrogens is 261 g/mol. The summed E-state index contributed by atoms with van der Waals surface area (Å²) in [4.78, 5) is 0. The summed E-state index contributed by atoms with van der Waals surface area (Å²) >= 11 is 5.95. The number of benzene rings is 1. The van der Waals surface area contributed by atoms with Crippen LogP contribution in [0.1, 0.15) is 0 Å². The summed E-state index contributed by atoms with van der Waals surface area (Å²) in [5.41, 5.74) is 6.29. The van der Waals surface area contributed by atoms with Gasteiger partial charge in [0, 0.05) is 12.1 Å². The maximum absolute atomic E-state index is 13.7. The number of aromatic nitrogens is 2. The molecule has 96 valence electrons. The van der Waals surface area contributed by atoms with Gasteiger partial charge in [-0.3, -0.25) is 5.10 Å². The largest absolute Gasteiger partial charge is 0.493 e. The molecule has 0 aliphatic heterocycles. The van der Waals surface area contributed by atoms with Crippen LogP contribution in [0.25, 0.3) is 11.3 Å². The lowest BCUT2D eigenvalue weighted by Gasteiger charge is -2.13. The molecule has 0 saturated heterocycles. The second kappa shape index (κ2) is 4.73. The molecule has 0 atom stereocenters. The lowest BCUT2D eigenvalue weighted by Crippen LogP contribution is -1.96. The van der Waals surface area contributed by atoms with E-state index in [1.54, 1.807) is 0 Å². The fourth-order valence-corrected chi connectivity index (χ4v) is 1.89. The first-order chi connectivity index (χ1) is 8.58. The zero-order valence-electron chi connectivity index (χ0n) is 9.75. The van der Waals surface area contributed by atoms with Crippen molar-refractivity contribution in [2.24, 2.45) is 0 Å². The Kier molecular flexibility index (Phi) is 3.29. The van der Waals surface area contributed by atoms with Gasteiger partial charge in [0.1, 0.15) is 11.6 Å². The summed E-state index contributed by atoms with van der Waals surface area (Å²) in [5, 5.41) is 6.34. The quantitative estimate of drug-likeness (QED) is 0.899. The fraction of sp³-hybridized carbons (Fsp3) is 0.182. The van der Waals surface area contributed by atoms with Gasteiger partial charge in [0.2, 0.25) is 0 Å². The van der Waals surface area contributed by atoms with E-state index in [0.29, 0.717) is 17.0 Å². The number of halogens is 2. The number of nitrogens with zero attached hydrogens (tertiary/aromatic N) is 1. The predicted octanol–water partition coefficient (Wildman–Crippen LogP) is 2.47. The van der Waals surface area contributed by atoms with E-state index in [0.717, 1.165) is 6.07 Å². The van der Waals surface area contributed by atoms with Gasteiger partial charge in [-0.2, -0.15) is 5.10 Å². The van der Waals surface area contributed by atoms with Crippen molar-refractivity contribution in [3.05, 3.63) is 23.0 Å². The van der Waals surface area contributed by atoms with Crippen molar-refractivity contribution in [2.45, 2.75) is 0 Å². The molecule has 2 rings (SSSR count). The van der Waals surface area contributed by atoms with Gasteiger partial charge in [0.15, 0.2) is 11.5 Å². The van der Waals surface area contributed by atoms with Crippen LogP contribution in [0.5, 0.6) is 11.5 Å². The van der Waals surface area contributed by atoms with Crippen LogP contribution < -0.4 is 15.2 Å². The highest BCUT2D eigenvalue weighted by Gasteiger charge is 2.21. The van der Waals surface area contributed by atoms with Gasteiger partial charge in [-0.15, -0.1) is 0 Å². The third-order valence-electron chi connectivity index (χ3n) is 2.43. The van der Waals surface area contributed by atoms with E-state index in [1.165, 1.54) is 20.3 Å². The SMILES string of the molecule is COc1cc(F)c(Cl)c(-c2cc(N)n[nH]2)c1OC. The molecule has 0 aliphatic carbocycles.